The number of carbonyl (C=O) groups is 1. The highest BCUT2D eigenvalue weighted by atomic mass is 16.4. The van der Waals surface area contributed by atoms with Crippen LogP contribution in [0.25, 0.3) is 0 Å². The summed E-state index contributed by atoms with van der Waals surface area (Å²) in [6, 6.07) is 12.3. The molecular formula is C18H21NO2. The van der Waals surface area contributed by atoms with E-state index in [0.717, 1.165) is 12.2 Å². The molecule has 3 rings (SSSR count). The van der Waals surface area contributed by atoms with Gasteiger partial charge >= 0.3 is 5.97 Å². The van der Waals surface area contributed by atoms with Crippen molar-refractivity contribution in [3.8, 4) is 0 Å². The molecule has 0 radical (unpaired) electrons. The molecule has 1 aromatic carbocycles. The van der Waals surface area contributed by atoms with E-state index in [2.05, 4.69) is 42.7 Å². The van der Waals surface area contributed by atoms with Crippen molar-refractivity contribution >= 4 is 5.97 Å². The van der Waals surface area contributed by atoms with Gasteiger partial charge in [0.25, 0.3) is 0 Å². The predicted octanol–water partition coefficient (Wildman–Crippen LogP) is 4.11. The quantitative estimate of drug-likeness (QED) is 0.897. The summed E-state index contributed by atoms with van der Waals surface area (Å²) in [4.78, 5) is 11.3. The molecule has 1 aromatic heterocycles. The number of hydrogen-bond donors (Lipinski definition) is 1. The lowest BCUT2D eigenvalue weighted by molar-refractivity contribution is 0.0695. The van der Waals surface area contributed by atoms with Crippen LogP contribution >= 0.6 is 0 Å². The zero-order valence-electron chi connectivity index (χ0n) is 12.5. The van der Waals surface area contributed by atoms with Crippen LogP contribution in [0.2, 0.25) is 0 Å². The molecule has 0 unspecified atom stereocenters. The summed E-state index contributed by atoms with van der Waals surface area (Å²) in [7, 11) is 0. The summed E-state index contributed by atoms with van der Waals surface area (Å²) in [6.45, 7) is 5.03. The number of hydrogen-bond acceptors (Lipinski definition) is 1. The Morgan fingerprint density at radius 3 is 2.62 bits per heavy atom. The molecule has 21 heavy (non-hydrogen) atoms. The molecule has 1 heterocycles. The number of benzene rings is 1. The Hall–Kier alpha value is -2.03. The van der Waals surface area contributed by atoms with Gasteiger partial charge in [0.2, 0.25) is 0 Å². The van der Waals surface area contributed by atoms with Crippen LogP contribution in [-0.4, -0.2) is 15.6 Å². The average molecular weight is 283 g/mol. The zero-order chi connectivity index (χ0) is 15.0. The van der Waals surface area contributed by atoms with Gasteiger partial charge in [0.05, 0.1) is 5.56 Å². The van der Waals surface area contributed by atoms with Gasteiger partial charge in [-0.3, -0.25) is 0 Å². The summed E-state index contributed by atoms with van der Waals surface area (Å²) in [5, 5.41) is 9.29. The molecule has 2 atom stereocenters. The van der Waals surface area contributed by atoms with Crippen LogP contribution in [0.5, 0.6) is 0 Å². The smallest absolute Gasteiger partial charge is 0.337 e. The maximum absolute atomic E-state index is 11.3. The first kappa shape index (κ1) is 13.9. The molecule has 0 bridgehead atoms. The van der Waals surface area contributed by atoms with Crippen molar-refractivity contribution in [2.75, 3.05) is 0 Å². The summed E-state index contributed by atoms with van der Waals surface area (Å²) in [5.41, 5.74) is 2.79. The first-order chi connectivity index (χ1) is 10.1. The number of carboxylic acid groups (broad SMARTS) is 1. The molecule has 1 aliphatic carbocycles. The largest absolute Gasteiger partial charge is 0.478 e. The van der Waals surface area contributed by atoms with E-state index < -0.39 is 5.97 Å². The Kier molecular flexibility index (Phi) is 3.58. The van der Waals surface area contributed by atoms with Crippen molar-refractivity contribution in [3.63, 3.8) is 0 Å². The van der Waals surface area contributed by atoms with E-state index in [1.165, 1.54) is 12.0 Å². The lowest BCUT2D eigenvalue weighted by atomic mass is 10.1. The van der Waals surface area contributed by atoms with E-state index in [4.69, 9.17) is 0 Å². The third kappa shape index (κ3) is 2.73. The normalized spacial score (nSPS) is 20.7. The molecule has 0 saturated heterocycles. The molecule has 110 valence electrons. The van der Waals surface area contributed by atoms with Crippen LogP contribution in [0.3, 0.4) is 0 Å². The lowest BCUT2D eigenvalue weighted by Gasteiger charge is -2.13. The predicted molar refractivity (Wildman–Crippen MR) is 82.8 cm³/mol. The molecule has 1 N–H and O–H groups in total. The van der Waals surface area contributed by atoms with Gasteiger partial charge in [0.1, 0.15) is 0 Å². The van der Waals surface area contributed by atoms with Crippen LogP contribution in [-0.2, 0) is 6.54 Å². The second-order valence-electron chi connectivity index (χ2n) is 6.24. The van der Waals surface area contributed by atoms with Crippen LogP contribution in [0.4, 0.5) is 0 Å². The number of rotatable bonds is 5. The van der Waals surface area contributed by atoms with Crippen LogP contribution in [0, 0.1) is 5.92 Å². The molecule has 3 nitrogen and oxygen atoms in total. The Labute approximate surface area is 125 Å². The highest BCUT2D eigenvalue weighted by Gasteiger charge is 2.38. The Balaban J connectivity index is 1.77. The fourth-order valence-electron chi connectivity index (χ4n) is 3.28. The van der Waals surface area contributed by atoms with Gasteiger partial charge in [-0.05, 0) is 35.8 Å². The number of nitrogens with zero attached hydrogens (tertiary/aromatic N) is 1. The molecule has 0 spiro atoms. The van der Waals surface area contributed by atoms with Gasteiger partial charge in [-0.15, -0.1) is 0 Å². The van der Waals surface area contributed by atoms with Crippen molar-refractivity contribution in [1.82, 2.24) is 4.57 Å². The third-order valence-electron chi connectivity index (χ3n) is 4.37. The van der Waals surface area contributed by atoms with E-state index >= 15 is 0 Å². The second kappa shape index (κ2) is 5.40. The minimum Gasteiger partial charge on any atom is -0.478 e. The van der Waals surface area contributed by atoms with E-state index in [1.807, 2.05) is 12.3 Å². The third-order valence-corrected chi connectivity index (χ3v) is 4.37. The average Bonchev–Trinajstić information content (AvgIpc) is 3.08. The Morgan fingerprint density at radius 2 is 2.00 bits per heavy atom. The van der Waals surface area contributed by atoms with Crippen LogP contribution < -0.4 is 0 Å². The Bertz CT molecular complexity index is 642. The highest BCUT2D eigenvalue weighted by molar-refractivity contribution is 5.89. The molecule has 1 fully saturated rings. The van der Waals surface area contributed by atoms with Crippen molar-refractivity contribution < 1.29 is 9.90 Å². The van der Waals surface area contributed by atoms with Gasteiger partial charge < -0.3 is 9.67 Å². The van der Waals surface area contributed by atoms with E-state index in [9.17, 15) is 9.90 Å². The minimum absolute atomic E-state index is 0.222. The van der Waals surface area contributed by atoms with Gasteiger partial charge in [-0.25, -0.2) is 4.79 Å². The van der Waals surface area contributed by atoms with Gasteiger partial charge in [-0.1, -0.05) is 44.2 Å². The maximum Gasteiger partial charge on any atom is 0.337 e. The summed E-state index contributed by atoms with van der Waals surface area (Å²) in [5.74, 6) is 0.647. The first-order valence-electron chi connectivity index (χ1n) is 7.55. The van der Waals surface area contributed by atoms with Gasteiger partial charge in [-0.2, -0.15) is 0 Å². The second-order valence-corrected chi connectivity index (χ2v) is 6.24. The topological polar surface area (TPSA) is 42.2 Å². The van der Waals surface area contributed by atoms with E-state index in [1.54, 1.807) is 6.07 Å². The van der Waals surface area contributed by atoms with Crippen LogP contribution in [0.1, 0.15) is 53.7 Å². The van der Waals surface area contributed by atoms with Crippen LogP contribution in [0.15, 0.2) is 42.6 Å². The molecule has 2 aromatic rings. The van der Waals surface area contributed by atoms with Crippen molar-refractivity contribution in [3.05, 3.63) is 59.4 Å². The van der Waals surface area contributed by atoms with E-state index in [-0.39, 0.29) is 5.92 Å². The first-order valence-corrected chi connectivity index (χ1v) is 7.55. The summed E-state index contributed by atoms with van der Waals surface area (Å²) >= 11 is 0. The fraction of sp³-hybridized carbons (Fsp3) is 0.389. The molecular weight excluding hydrogens is 262 g/mol. The van der Waals surface area contributed by atoms with Crippen molar-refractivity contribution in [2.45, 2.75) is 38.6 Å². The summed E-state index contributed by atoms with van der Waals surface area (Å²) in [6.07, 6.45) is 3.13. The maximum atomic E-state index is 11.3. The SMILES string of the molecule is CC(C)c1c(C(=O)O)ccn1C[C@@H]1C[C@H]1c1ccccc1. The Morgan fingerprint density at radius 1 is 1.29 bits per heavy atom. The molecule has 3 heteroatoms. The molecule has 1 aliphatic rings. The molecule has 0 aliphatic heterocycles. The number of carboxylic acids is 1. The number of aromatic nitrogens is 1. The van der Waals surface area contributed by atoms with Crippen molar-refractivity contribution in [2.24, 2.45) is 5.92 Å². The van der Waals surface area contributed by atoms with Crippen molar-refractivity contribution in [1.29, 1.82) is 0 Å². The standard InChI is InChI=1S/C18H21NO2/c1-12(2)17-15(18(20)21)8-9-19(17)11-14-10-16(14)13-6-4-3-5-7-13/h3-9,12,14,16H,10-11H2,1-2H3,(H,20,21)/t14-,16-/m0/s1. The lowest BCUT2D eigenvalue weighted by Crippen LogP contribution is -2.10. The van der Waals surface area contributed by atoms with E-state index in [0.29, 0.717) is 17.4 Å². The van der Waals surface area contributed by atoms with Gasteiger partial charge in [0, 0.05) is 18.4 Å². The number of aromatic carboxylic acids is 1. The minimum atomic E-state index is -0.826. The molecule has 1 saturated carbocycles. The monoisotopic (exact) mass is 283 g/mol. The molecule has 0 amide bonds. The fourth-order valence-corrected chi connectivity index (χ4v) is 3.28. The zero-order valence-corrected chi connectivity index (χ0v) is 12.5. The van der Waals surface area contributed by atoms with Gasteiger partial charge in [0.15, 0.2) is 0 Å². The highest BCUT2D eigenvalue weighted by Crippen LogP contribution is 2.48. The summed E-state index contributed by atoms with van der Waals surface area (Å²) < 4.78 is 2.14.